The van der Waals surface area contributed by atoms with E-state index in [4.69, 9.17) is 4.74 Å². The summed E-state index contributed by atoms with van der Waals surface area (Å²) >= 11 is 0. The van der Waals surface area contributed by atoms with Gasteiger partial charge in [-0.3, -0.25) is 9.97 Å². The number of pyridine rings is 2. The molecule has 116 valence electrons. The van der Waals surface area contributed by atoms with Crippen LogP contribution in [0.5, 0.6) is 11.6 Å². The van der Waals surface area contributed by atoms with Gasteiger partial charge in [0, 0.05) is 35.1 Å². The lowest BCUT2D eigenvalue weighted by Gasteiger charge is -2.08. The normalized spacial score (nSPS) is 10.7. The Hall–Kier alpha value is -3.34. The molecule has 4 rings (SSSR count). The number of fused-ring (bicyclic) bond motifs is 1. The molecule has 0 aliphatic heterocycles. The van der Waals surface area contributed by atoms with Crippen molar-refractivity contribution in [3.63, 3.8) is 0 Å². The van der Waals surface area contributed by atoms with Crippen LogP contribution < -0.4 is 4.74 Å². The van der Waals surface area contributed by atoms with E-state index in [1.165, 1.54) is 0 Å². The average Bonchev–Trinajstić information content (AvgIpc) is 2.62. The maximum absolute atomic E-state index is 5.90. The summed E-state index contributed by atoms with van der Waals surface area (Å²) in [5.41, 5.74) is 2.66. The van der Waals surface area contributed by atoms with E-state index >= 15 is 0 Å². The highest BCUT2D eigenvalue weighted by Gasteiger charge is 2.07. The van der Waals surface area contributed by atoms with Crippen LogP contribution >= 0.6 is 0 Å². The number of ether oxygens (including phenoxy) is 1. The van der Waals surface area contributed by atoms with Crippen molar-refractivity contribution < 1.29 is 4.74 Å². The average molecular weight is 314 g/mol. The van der Waals surface area contributed by atoms with Gasteiger partial charge < -0.3 is 4.74 Å². The maximum Gasteiger partial charge on any atom is 0.223 e. The van der Waals surface area contributed by atoms with Crippen LogP contribution in [0.2, 0.25) is 0 Å². The molecule has 3 heterocycles. The third-order valence-corrected chi connectivity index (χ3v) is 3.56. The number of nitrogens with zero attached hydrogens (tertiary/aromatic N) is 4. The molecule has 0 spiro atoms. The van der Waals surface area contributed by atoms with Gasteiger partial charge in [0.25, 0.3) is 0 Å². The Morgan fingerprint density at radius 3 is 2.62 bits per heavy atom. The Labute approximate surface area is 139 Å². The van der Waals surface area contributed by atoms with Crippen molar-refractivity contribution >= 4 is 10.9 Å². The van der Waals surface area contributed by atoms with Crippen molar-refractivity contribution in [3.05, 3.63) is 72.8 Å². The van der Waals surface area contributed by atoms with Gasteiger partial charge in [0.15, 0.2) is 5.82 Å². The molecule has 5 heteroatoms. The first kappa shape index (κ1) is 14.3. The number of aryl methyl sites for hydroxylation is 1. The minimum absolute atomic E-state index is 0.492. The first-order valence-electron chi connectivity index (χ1n) is 7.57. The third-order valence-electron chi connectivity index (χ3n) is 3.56. The Balaban J connectivity index is 1.69. The topological polar surface area (TPSA) is 60.8 Å². The molecule has 0 radical (unpaired) electrons. The summed E-state index contributed by atoms with van der Waals surface area (Å²) in [5, 5.41) is 1.02. The Bertz CT molecular complexity index is 1000. The predicted molar refractivity (Wildman–Crippen MR) is 91.8 cm³/mol. The van der Waals surface area contributed by atoms with Gasteiger partial charge in [0.2, 0.25) is 5.88 Å². The number of rotatable bonds is 3. The van der Waals surface area contributed by atoms with Crippen molar-refractivity contribution in [2.45, 2.75) is 6.92 Å². The monoisotopic (exact) mass is 314 g/mol. The minimum Gasteiger partial charge on any atom is -0.437 e. The molecule has 0 aliphatic rings. The number of benzene rings is 1. The minimum atomic E-state index is 0.492. The Morgan fingerprint density at radius 2 is 1.75 bits per heavy atom. The summed E-state index contributed by atoms with van der Waals surface area (Å²) in [7, 11) is 0. The predicted octanol–water partition coefficient (Wildman–Crippen LogP) is 4.19. The molecule has 0 fully saturated rings. The Kier molecular flexibility index (Phi) is 3.59. The SMILES string of the molecule is Cc1cc(Oc2cnc3ccccc3c2)nc(-c2ccncc2)n1. The zero-order valence-corrected chi connectivity index (χ0v) is 13.0. The molecule has 0 atom stereocenters. The molecule has 0 bridgehead atoms. The summed E-state index contributed by atoms with van der Waals surface area (Å²) in [6.07, 6.45) is 5.13. The summed E-state index contributed by atoms with van der Waals surface area (Å²) in [6, 6.07) is 15.4. The molecule has 0 saturated heterocycles. The van der Waals surface area contributed by atoms with Gasteiger partial charge in [-0.05, 0) is 31.2 Å². The summed E-state index contributed by atoms with van der Waals surface area (Å²) in [6.45, 7) is 1.91. The smallest absolute Gasteiger partial charge is 0.223 e. The van der Waals surface area contributed by atoms with Crippen LogP contribution in [0.4, 0.5) is 0 Å². The van der Waals surface area contributed by atoms with Crippen LogP contribution in [0.15, 0.2) is 67.1 Å². The first-order valence-corrected chi connectivity index (χ1v) is 7.57. The van der Waals surface area contributed by atoms with Gasteiger partial charge in [0.05, 0.1) is 11.7 Å². The molecule has 1 aromatic carbocycles. The maximum atomic E-state index is 5.90. The van der Waals surface area contributed by atoms with Gasteiger partial charge in [-0.2, -0.15) is 4.98 Å². The highest BCUT2D eigenvalue weighted by Crippen LogP contribution is 2.25. The van der Waals surface area contributed by atoms with Crippen LogP contribution in [0, 0.1) is 6.92 Å². The second kappa shape index (κ2) is 6.04. The van der Waals surface area contributed by atoms with Crippen LogP contribution in [-0.2, 0) is 0 Å². The van der Waals surface area contributed by atoms with E-state index in [9.17, 15) is 0 Å². The lowest BCUT2D eigenvalue weighted by Crippen LogP contribution is -1.96. The van der Waals surface area contributed by atoms with Crippen LogP contribution in [-0.4, -0.2) is 19.9 Å². The van der Waals surface area contributed by atoms with E-state index in [1.807, 2.05) is 49.4 Å². The molecular formula is C19H14N4O. The zero-order valence-electron chi connectivity index (χ0n) is 13.0. The standard InChI is InChI=1S/C19H14N4O/c1-13-10-18(23-19(22-13)14-6-8-20-9-7-14)24-16-11-15-4-2-3-5-17(15)21-12-16/h2-12H,1H3. The fourth-order valence-corrected chi connectivity index (χ4v) is 2.45. The van der Waals surface area contributed by atoms with E-state index in [1.54, 1.807) is 24.7 Å². The second-order valence-electron chi connectivity index (χ2n) is 5.37. The van der Waals surface area contributed by atoms with E-state index in [-0.39, 0.29) is 0 Å². The van der Waals surface area contributed by atoms with E-state index in [2.05, 4.69) is 19.9 Å². The largest absolute Gasteiger partial charge is 0.437 e. The number of hydrogen-bond acceptors (Lipinski definition) is 5. The highest BCUT2D eigenvalue weighted by molar-refractivity contribution is 5.79. The molecule has 24 heavy (non-hydrogen) atoms. The molecule has 0 unspecified atom stereocenters. The number of para-hydroxylation sites is 1. The van der Waals surface area contributed by atoms with Crippen molar-refractivity contribution in [2.75, 3.05) is 0 Å². The van der Waals surface area contributed by atoms with Gasteiger partial charge in [-0.25, -0.2) is 4.98 Å². The molecule has 0 aliphatic carbocycles. The van der Waals surface area contributed by atoms with Gasteiger partial charge in [0.1, 0.15) is 5.75 Å². The van der Waals surface area contributed by atoms with E-state index in [0.717, 1.165) is 22.2 Å². The fourth-order valence-electron chi connectivity index (χ4n) is 2.45. The van der Waals surface area contributed by atoms with Crippen LogP contribution in [0.25, 0.3) is 22.3 Å². The summed E-state index contributed by atoms with van der Waals surface area (Å²) in [4.78, 5) is 17.4. The van der Waals surface area contributed by atoms with E-state index in [0.29, 0.717) is 17.5 Å². The molecule has 3 aromatic heterocycles. The number of aromatic nitrogens is 4. The number of hydrogen-bond donors (Lipinski definition) is 0. The van der Waals surface area contributed by atoms with Crippen molar-refractivity contribution in [1.82, 2.24) is 19.9 Å². The molecule has 0 saturated carbocycles. The summed E-state index contributed by atoms with van der Waals surface area (Å²) in [5.74, 6) is 1.75. The quantitative estimate of drug-likeness (QED) is 0.567. The Morgan fingerprint density at radius 1 is 0.917 bits per heavy atom. The van der Waals surface area contributed by atoms with Crippen LogP contribution in [0.3, 0.4) is 0 Å². The van der Waals surface area contributed by atoms with Crippen molar-refractivity contribution in [1.29, 1.82) is 0 Å². The van der Waals surface area contributed by atoms with E-state index < -0.39 is 0 Å². The molecule has 4 aromatic rings. The third kappa shape index (κ3) is 2.92. The van der Waals surface area contributed by atoms with Gasteiger partial charge in [-0.15, -0.1) is 0 Å². The van der Waals surface area contributed by atoms with Crippen LogP contribution in [0.1, 0.15) is 5.69 Å². The van der Waals surface area contributed by atoms with Gasteiger partial charge >= 0.3 is 0 Å². The summed E-state index contributed by atoms with van der Waals surface area (Å²) < 4.78 is 5.90. The second-order valence-corrected chi connectivity index (χ2v) is 5.37. The van der Waals surface area contributed by atoms with Crippen molar-refractivity contribution in [3.8, 4) is 23.0 Å². The fraction of sp³-hybridized carbons (Fsp3) is 0.0526. The first-order chi connectivity index (χ1) is 11.8. The lowest BCUT2D eigenvalue weighted by atomic mass is 10.2. The van der Waals surface area contributed by atoms with Gasteiger partial charge in [-0.1, -0.05) is 18.2 Å². The molecular weight excluding hydrogens is 300 g/mol. The molecule has 0 N–H and O–H groups in total. The lowest BCUT2D eigenvalue weighted by molar-refractivity contribution is 0.460. The molecule has 5 nitrogen and oxygen atoms in total. The highest BCUT2D eigenvalue weighted by atomic mass is 16.5. The molecule has 0 amide bonds. The van der Waals surface area contributed by atoms with Crippen molar-refractivity contribution in [2.24, 2.45) is 0 Å². The zero-order chi connectivity index (χ0) is 16.4.